The summed E-state index contributed by atoms with van der Waals surface area (Å²) in [7, 11) is -2.70. The fourth-order valence-electron chi connectivity index (χ4n) is 3.11. The number of nitrogens with zero attached hydrogens (tertiary/aromatic N) is 3. The highest BCUT2D eigenvalue weighted by molar-refractivity contribution is 7.92. The van der Waals surface area contributed by atoms with Crippen LogP contribution in [0.3, 0.4) is 0 Å². The largest absolute Gasteiger partial charge is 0.319 e. The van der Waals surface area contributed by atoms with Crippen LogP contribution in [-0.4, -0.2) is 31.3 Å². The molecule has 4 aromatic rings. The Labute approximate surface area is 200 Å². The first kappa shape index (κ1) is 23.3. The van der Waals surface area contributed by atoms with Crippen molar-refractivity contribution in [1.82, 2.24) is 9.97 Å². The van der Waals surface area contributed by atoms with Gasteiger partial charge in [0, 0.05) is 12.6 Å². The molecule has 172 valence electrons. The first-order valence-electron chi connectivity index (χ1n) is 9.98. The van der Waals surface area contributed by atoms with Crippen LogP contribution in [0.1, 0.15) is 10.4 Å². The average molecular weight is 497 g/mol. The van der Waals surface area contributed by atoms with Gasteiger partial charge in [-0.05, 0) is 42.5 Å². The van der Waals surface area contributed by atoms with Crippen LogP contribution < -0.4 is 9.62 Å². The van der Waals surface area contributed by atoms with E-state index in [1.165, 1.54) is 49.8 Å². The van der Waals surface area contributed by atoms with Gasteiger partial charge >= 0.3 is 0 Å². The molecule has 0 radical (unpaired) electrons. The topological polar surface area (TPSA) is 92.3 Å². The number of nitrogens with one attached hydrogen (secondary N) is 1. The summed E-state index contributed by atoms with van der Waals surface area (Å²) in [6, 6.07) is 18.2. The maximum atomic E-state index is 13.2. The molecule has 0 aliphatic rings. The lowest BCUT2D eigenvalue weighted by Crippen LogP contribution is -2.27. The van der Waals surface area contributed by atoms with E-state index in [2.05, 4.69) is 15.3 Å². The average Bonchev–Trinajstić information content (AvgIpc) is 2.85. The third-order valence-corrected chi connectivity index (χ3v) is 7.08. The molecule has 1 amide bonds. The van der Waals surface area contributed by atoms with E-state index < -0.39 is 21.7 Å². The van der Waals surface area contributed by atoms with Crippen molar-refractivity contribution in [3.63, 3.8) is 0 Å². The van der Waals surface area contributed by atoms with Crippen LogP contribution in [-0.2, 0) is 10.0 Å². The molecule has 4 rings (SSSR count). The van der Waals surface area contributed by atoms with E-state index in [1.54, 1.807) is 0 Å². The van der Waals surface area contributed by atoms with Gasteiger partial charge in [0.05, 0.1) is 39.3 Å². The Hall–Kier alpha value is -3.82. The normalized spacial score (nSPS) is 11.1. The number of halogens is 2. The number of anilines is 2. The monoisotopic (exact) mass is 496 g/mol. The van der Waals surface area contributed by atoms with Gasteiger partial charge in [0.25, 0.3) is 15.9 Å². The maximum absolute atomic E-state index is 13.2. The quantitative estimate of drug-likeness (QED) is 0.405. The third-order valence-electron chi connectivity index (χ3n) is 4.97. The summed E-state index contributed by atoms with van der Waals surface area (Å²) in [6.07, 6.45) is 2.90. The van der Waals surface area contributed by atoms with Crippen molar-refractivity contribution < 1.29 is 17.6 Å². The SMILES string of the molecule is CN(c1ccc(F)cc1)S(=O)(=O)c1ccc(Cl)c(C(=O)Nc2cnc(-c3ccccc3)nc2)c1. The predicted octanol–water partition coefficient (Wildman–Crippen LogP) is 5.01. The number of hydrogen-bond donors (Lipinski definition) is 1. The van der Waals surface area contributed by atoms with E-state index in [-0.39, 0.29) is 21.2 Å². The van der Waals surface area contributed by atoms with Gasteiger partial charge in [-0.3, -0.25) is 9.10 Å². The van der Waals surface area contributed by atoms with E-state index in [0.717, 1.165) is 22.0 Å². The molecule has 34 heavy (non-hydrogen) atoms. The Morgan fingerprint density at radius 2 is 1.62 bits per heavy atom. The lowest BCUT2D eigenvalue weighted by atomic mass is 10.2. The van der Waals surface area contributed by atoms with Gasteiger partial charge in [-0.15, -0.1) is 0 Å². The second kappa shape index (κ2) is 9.58. The Bertz CT molecular complexity index is 1430. The summed E-state index contributed by atoms with van der Waals surface area (Å²) < 4.78 is 40.3. The predicted molar refractivity (Wildman–Crippen MR) is 129 cm³/mol. The number of sulfonamides is 1. The van der Waals surface area contributed by atoms with Crippen LogP contribution in [0.4, 0.5) is 15.8 Å². The Balaban J connectivity index is 1.56. The zero-order valence-electron chi connectivity index (χ0n) is 17.8. The number of benzene rings is 3. The summed E-state index contributed by atoms with van der Waals surface area (Å²) in [5.74, 6) is -0.614. The van der Waals surface area contributed by atoms with Crippen LogP contribution >= 0.6 is 11.6 Å². The Morgan fingerprint density at radius 3 is 2.26 bits per heavy atom. The summed E-state index contributed by atoms with van der Waals surface area (Å²) in [5, 5.41) is 2.70. The molecule has 0 saturated carbocycles. The van der Waals surface area contributed by atoms with Gasteiger partial charge in [0.2, 0.25) is 0 Å². The number of rotatable bonds is 6. The van der Waals surface area contributed by atoms with Gasteiger partial charge in [0.15, 0.2) is 5.82 Å². The van der Waals surface area contributed by atoms with E-state index in [0.29, 0.717) is 11.5 Å². The highest BCUT2D eigenvalue weighted by Gasteiger charge is 2.24. The van der Waals surface area contributed by atoms with Gasteiger partial charge in [-0.1, -0.05) is 41.9 Å². The molecule has 0 aliphatic heterocycles. The molecule has 3 aromatic carbocycles. The molecule has 0 aliphatic carbocycles. The second-order valence-corrected chi connectivity index (χ2v) is 9.58. The van der Waals surface area contributed by atoms with Crippen LogP contribution in [0.15, 0.2) is 90.1 Å². The number of aromatic nitrogens is 2. The highest BCUT2D eigenvalue weighted by atomic mass is 35.5. The molecule has 0 unspecified atom stereocenters. The molecule has 0 spiro atoms. The van der Waals surface area contributed by atoms with Crippen molar-refractivity contribution >= 4 is 38.9 Å². The molecule has 0 atom stereocenters. The smallest absolute Gasteiger partial charge is 0.264 e. The number of hydrogen-bond acceptors (Lipinski definition) is 5. The van der Waals surface area contributed by atoms with Crippen molar-refractivity contribution in [2.24, 2.45) is 0 Å². The van der Waals surface area contributed by atoms with E-state index in [9.17, 15) is 17.6 Å². The fourth-order valence-corrected chi connectivity index (χ4v) is 4.54. The fraction of sp³-hybridized carbons (Fsp3) is 0.0417. The lowest BCUT2D eigenvalue weighted by Gasteiger charge is -2.20. The van der Waals surface area contributed by atoms with Crippen LogP contribution in [0, 0.1) is 5.82 Å². The minimum Gasteiger partial charge on any atom is -0.319 e. The minimum absolute atomic E-state index is 0.0395. The van der Waals surface area contributed by atoms with Crippen molar-refractivity contribution in [2.75, 3.05) is 16.7 Å². The number of carbonyl (C=O) groups excluding carboxylic acids is 1. The van der Waals surface area contributed by atoms with Gasteiger partial charge in [-0.2, -0.15) is 0 Å². The van der Waals surface area contributed by atoms with Crippen molar-refractivity contribution in [3.05, 3.63) is 102 Å². The molecule has 1 heterocycles. The molecule has 1 N–H and O–H groups in total. The minimum atomic E-state index is -4.04. The molecular formula is C24H18ClFN4O3S. The lowest BCUT2D eigenvalue weighted by molar-refractivity contribution is 0.102. The Kier molecular flexibility index (Phi) is 6.58. The summed E-state index contributed by atoms with van der Waals surface area (Å²) >= 11 is 6.18. The molecule has 0 saturated heterocycles. The molecule has 10 heteroatoms. The maximum Gasteiger partial charge on any atom is 0.264 e. The summed E-state index contributed by atoms with van der Waals surface area (Å²) in [4.78, 5) is 21.2. The molecular weight excluding hydrogens is 479 g/mol. The van der Waals surface area contributed by atoms with Crippen molar-refractivity contribution in [3.8, 4) is 11.4 Å². The first-order valence-corrected chi connectivity index (χ1v) is 11.8. The number of carbonyl (C=O) groups is 1. The van der Waals surface area contributed by atoms with Crippen molar-refractivity contribution in [2.45, 2.75) is 4.90 Å². The second-order valence-electron chi connectivity index (χ2n) is 7.21. The number of amides is 1. The van der Waals surface area contributed by atoms with Crippen LogP contribution in [0.2, 0.25) is 5.02 Å². The Morgan fingerprint density at radius 1 is 0.971 bits per heavy atom. The molecule has 7 nitrogen and oxygen atoms in total. The summed E-state index contributed by atoms with van der Waals surface area (Å²) in [5.41, 5.74) is 1.37. The highest BCUT2D eigenvalue weighted by Crippen LogP contribution is 2.26. The molecule has 0 bridgehead atoms. The standard InChI is InChI=1S/C24H18ClFN4O3S/c1-30(19-9-7-17(26)8-10-19)34(32,33)20-11-12-22(25)21(13-20)24(31)29-18-14-27-23(28-15-18)16-5-3-2-4-6-16/h2-15H,1H3,(H,29,31). The van der Waals surface area contributed by atoms with Crippen molar-refractivity contribution in [1.29, 1.82) is 0 Å². The van der Waals surface area contributed by atoms with Crippen LogP contribution in [0.25, 0.3) is 11.4 Å². The van der Waals surface area contributed by atoms with E-state index >= 15 is 0 Å². The first-order chi connectivity index (χ1) is 16.3. The summed E-state index contributed by atoms with van der Waals surface area (Å²) in [6.45, 7) is 0. The molecule has 0 fully saturated rings. The van der Waals surface area contributed by atoms with E-state index in [1.807, 2.05) is 30.3 Å². The van der Waals surface area contributed by atoms with Gasteiger partial charge in [-0.25, -0.2) is 22.8 Å². The van der Waals surface area contributed by atoms with E-state index in [4.69, 9.17) is 11.6 Å². The zero-order chi connectivity index (χ0) is 24.3. The van der Waals surface area contributed by atoms with Crippen LogP contribution in [0.5, 0.6) is 0 Å². The third kappa shape index (κ3) is 4.90. The molecule has 1 aromatic heterocycles. The van der Waals surface area contributed by atoms with Gasteiger partial charge in [0.1, 0.15) is 5.82 Å². The van der Waals surface area contributed by atoms with Gasteiger partial charge < -0.3 is 5.32 Å². The zero-order valence-corrected chi connectivity index (χ0v) is 19.4.